The van der Waals surface area contributed by atoms with Crippen LogP contribution in [0.1, 0.15) is 17.8 Å². The number of fused-ring (bicyclic) bond motifs is 1. The van der Waals surface area contributed by atoms with Crippen molar-refractivity contribution in [2.45, 2.75) is 26.4 Å². The largest absolute Gasteiger partial charge is 0.356 e. The standard InChI is InChI=1S/C20H25N5.HI/c1-16-24-18-11-6-7-12-19(18)25(16)14-8-13-22-20(21-2)23-15-17-9-4-3-5-10-17;/h3-7,9-12H,8,13-15H2,1-2H3,(H2,21,22,23);1H. The maximum absolute atomic E-state index is 4.61. The van der Waals surface area contributed by atoms with Gasteiger partial charge in [-0.05, 0) is 31.0 Å². The second-order valence-corrected chi connectivity index (χ2v) is 5.99. The van der Waals surface area contributed by atoms with Crippen LogP contribution in [0.2, 0.25) is 0 Å². The van der Waals surface area contributed by atoms with Gasteiger partial charge in [-0.25, -0.2) is 4.98 Å². The van der Waals surface area contributed by atoms with Gasteiger partial charge in [0.25, 0.3) is 0 Å². The lowest BCUT2D eigenvalue weighted by atomic mass is 10.2. The number of guanidine groups is 1. The van der Waals surface area contributed by atoms with Gasteiger partial charge >= 0.3 is 0 Å². The summed E-state index contributed by atoms with van der Waals surface area (Å²) < 4.78 is 2.27. The second-order valence-electron chi connectivity index (χ2n) is 5.99. The smallest absolute Gasteiger partial charge is 0.191 e. The monoisotopic (exact) mass is 463 g/mol. The number of imidazole rings is 1. The van der Waals surface area contributed by atoms with Crippen molar-refractivity contribution in [2.75, 3.05) is 13.6 Å². The molecule has 1 aromatic heterocycles. The summed E-state index contributed by atoms with van der Waals surface area (Å²) in [4.78, 5) is 8.89. The number of halogens is 1. The van der Waals surface area contributed by atoms with Crippen molar-refractivity contribution in [3.8, 4) is 0 Å². The van der Waals surface area contributed by atoms with Crippen molar-refractivity contribution in [1.29, 1.82) is 0 Å². The first-order valence-corrected chi connectivity index (χ1v) is 8.68. The number of hydrogen-bond donors (Lipinski definition) is 2. The lowest BCUT2D eigenvalue weighted by molar-refractivity contribution is 0.624. The van der Waals surface area contributed by atoms with E-state index < -0.39 is 0 Å². The fourth-order valence-electron chi connectivity index (χ4n) is 2.92. The number of nitrogens with one attached hydrogen (secondary N) is 2. The fraction of sp³-hybridized carbons (Fsp3) is 0.300. The van der Waals surface area contributed by atoms with Crippen LogP contribution in [0.25, 0.3) is 11.0 Å². The van der Waals surface area contributed by atoms with Gasteiger partial charge in [-0.3, -0.25) is 4.99 Å². The number of rotatable bonds is 6. The van der Waals surface area contributed by atoms with E-state index in [0.717, 1.165) is 43.4 Å². The summed E-state index contributed by atoms with van der Waals surface area (Å²) in [6, 6.07) is 18.6. The number of hydrogen-bond acceptors (Lipinski definition) is 2. The summed E-state index contributed by atoms with van der Waals surface area (Å²) >= 11 is 0. The highest BCUT2D eigenvalue weighted by Crippen LogP contribution is 2.15. The van der Waals surface area contributed by atoms with Gasteiger partial charge in [0, 0.05) is 26.7 Å². The van der Waals surface area contributed by atoms with E-state index in [1.165, 1.54) is 11.1 Å². The number of aliphatic imine (C=N–C) groups is 1. The zero-order valence-electron chi connectivity index (χ0n) is 15.3. The molecule has 0 unspecified atom stereocenters. The zero-order valence-corrected chi connectivity index (χ0v) is 17.6. The molecule has 138 valence electrons. The molecule has 0 saturated heterocycles. The predicted molar refractivity (Wildman–Crippen MR) is 119 cm³/mol. The first kappa shape index (κ1) is 20.2. The Kier molecular flexibility index (Phi) is 7.90. The maximum Gasteiger partial charge on any atom is 0.191 e. The molecule has 0 spiro atoms. The van der Waals surface area contributed by atoms with Crippen LogP contribution in [-0.4, -0.2) is 29.1 Å². The van der Waals surface area contributed by atoms with E-state index in [2.05, 4.69) is 62.4 Å². The number of para-hydroxylation sites is 2. The molecule has 3 rings (SSSR count). The number of benzene rings is 2. The Hall–Kier alpha value is -2.09. The Morgan fingerprint density at radius 1 is 1.04 bits per heavy atom. The molecule has 6 heteroatoms. The average Bonchev–Trinajstić information content (AvgIpc) is 2.97. The van der Waals surface area contributed by atoms with Crippen LogP contribution in [0.15, 0.2) is 59.6 Å². The predicted octanol–water partition coefficient (Wildman–Crippen LogP) is 3.72. The minimum atomic E-state index is 0. The molecule has 0 fully saturated rings. The summed E-state index contributed by atoms with van der Waals surface area (Å²) in [7, 11) is 1.80. The van der Waals surface area contributed by atoms with Crippen molar-refractivity contribution in [3.05, 3.63) is 66.0 Å². The van der Waals surface area contributed by atoms with Crippen LogP contribution in [-0.2, 0) is 13.1 Å². The molecule has 2 N–H and O–H groups in total. The van der Waals surface area contributed by atoms with Crippen LogP contribution in [0.4, 0.5) is 0 Å². The molecule has 2 aromatic carbocycles. The highest BCUT2D eigenvalue weighted by Gasteiger charge is 2.06. The number of aryl methyl sites for hydroxylation is 2. The molecule has 0 saturated carbocycles. The molecule has 0 radical (unpaired) electrons. The van der Waals surface area contributed by atoms with Crippen molar-refractivity contribution in [1.82, 2.24) is 20.2 Å². The maximum atomic E-state index is 4.61. The second kappa shape index (κ2) is 10.2. The van der Waals surface area contributed by atoms with Gasteiger partial charge < -0.3 is 15.2 Å². The Bertz CT molecular complexity index is 842. The highest BCUT2D eigenvalue weighted by molar-refractivity contribution is 14.0. The molecule has 5 nitrogen and oxygen atoms in total. The zero-order chi connectivity index (χ0) is 17.5. The molecule has 1 heterocycles. The summed E-state index contributed by atoms with van der Waals surface area (Å²) in [6.45, 7) is 4.63. The average molecular weight is 463 g/mol. The minimum Gasteiger partial charge on any atom is -0.356 e. The van der Waals surface area contributed by atoms with E-state index in [-0.39, 0.29) is 24.0 Å². The third-order valence-electron chi connectivity index (χ3n) is 4.22. The molecule has 0 bridgehead atoms. The molecule has 26 heavy (non-hydrogen) atoms. The van der Waals surface area contributed by atoms with E-state index in [0.29, 0.717) is 0 Å². The summed E-state index contributed by atoms with van der Waals surface area (Å²) in [5.41, 5.74) is 3.51. The minimum absolute atomic E-state index is 0. The van der Waals surface area contributed by atoms with E-state index >= 15 is 0 Å². The van der Waals surface area contributed by atoms with Gasteiger partial charge in [-0.15, -0.1) is 24.0 Å². The molecule has 0 aliphatic rings. The van der Waals surface area contributed by atoms with Gasteiger partial charge in [0.15, 0.2) is 5.96 Å². The lowest BCUT2D eigenvalue weighted by Gasteiger charge is -2.12. The SMILES string of the molecule is CN=C(NCCCn1c(C)nc2ccccc21)NCc1ccccc1.I. The fourth-order valence-corrected chi connectivity index (χ4v) is 2.92. The Balaban J connectivity index is 0.00000243. The molecule has 0 aliphatic heterocycles. The van der Waals surface area contributed by atoms with Gasteiger partial charge in [-0.2, -0.15) is 0 Å². The number of aromatic nitrogens is 2. The lowest BCUT2D eigenvalue weighted by Crippen LogP contribution is -2.37. The number of nitrogens with zero attached hydrogens (tertiary/aromatic N) is 3. The third kappa shape index (κ3) is 5.20. The Labute approximate surface area is 172 Å². The van der Waals surface area contributed by atoms with Gasteiger partial charge in [0.1, 0.15) is 5.82 Å². The molecule has 3 aromatic rings. The van der Waals surface area contributed by atoms with Gasteiger partial charge in [-0.1, -0.05) is 42.5 Å². The van der Waals surface area contributed by atoms with Crippen LogP contribution in [0.5, 0.6) is 0 Å². The summed E-state index contributed by atoms with van der Waals surface area (Å²) in [5.74, 6) is 1.89. The molecular weight excluding hydrogens is 437 g/mol. The topological polar surface area (TPSA) is 54.2 Å². The van der Waals surface area contributed by atoms with E-state index in [9.17, 15) is 0 Å². The normalized spacial score (nSPS) is 11.2. The van der Waals surface area contributed by atoms with E-state index in [1.807, 2.05) is 24.3 Å². The van der Waals surface area contributed by atoms with Crippen LogP contribution >= 0.6 is 24.0 Å². The molecule has 0 amide bonds. The van der Waals surface area contributed by atoms with Crippen molar-refractivity contribution in [2.24, 2.45) is 4.99 Å². The van der Waals surface area contributed by atoms with E-state index in [4.69, 9.17) is 0 Å². The first-order valence-electron chi connectivity index (χ1n) is 8.68. The Morgan fingerprint density at radius 3 is 2.54 bits per heavy atom. The highest BCUT2D eigenvalue weighted by atomic mass is 127. The summed E-state index contributed by atoms with van der Waals surface area (Å²) in [6.07, 6.45) is 1.01. The first-order chi connectivity index (χ1) is 12.3. The van der Waals surface area contributed by atoms with Gasteiger partial charge in [0.2, 0.25) is 0 Å². The van der Waals surface area contributed by atoms with Crippen molar-refractivity contribution < 1.29 is 0 Å². The van der Waals surface area contributed by atoms with Crippen molar-refractivity contribution >= 4 is 41.0 Å². The van der Waals surface area contributed by atoms with Crippen molar-refractivity contribution in [3.63, 3.8) is 0 Å². The molecule has 0 atom stereocenters. The van der Waals surface area contributed by atoms with E-state index in [1.54, 1.807) is 7.05 Å². The quantitative estimate of drug-likeness (QED) is 0.254. The van der Waals surface area contributed by atoms with Crippen LogP contribution in [0, 0.1) is 6.92 Å². The van der Waals surface area contributed by atoms with Crippen LogP contribution < -0.4 is 10.6 Å². The summed E-state index contributed by atoms with van der Waals surface area (Å²) in [5, 5.41) is 6.71. The van der Waals surface area contributed by atoms with Gasteiger partial charge in [0.05, 0.1) is 11.0 Å². The molecule has 0 aliphatic carbocycles. The Morgan fingerprint density at radius 2 is 1.77 bits per heavy atom. The van der Waals surface area contributed by atoms with Crippen LogP contribution in [0.3, 0.4) is 0 Å². The molecular formula is C20H26IN5. The third-order valence-corrected chi connectivity index (χ3v) is 4.22.